The molecule has 2 aliphatic carbocycles. The molecule has 10 atom stereocenters. The fourth-order valence-electron chi connectivity index (χ4n) is 10.3. The van der Waals surface area contributed by atoms with E-state index < -0.39 is 78.4 Å². The Labute approximate surface area is 679 Å². The Bertz CT molecular complexity index is 4390. The number of benzene rings is 5. The second-order valence-electron chi connectivity index (χ2n) is 28.3. The number of nitrogens with zero attached hydrogens (tertiary/aromatic N) is 8. The van der Waals surface area contributed by atoms with Crippen molar-refractivity contribution in [3.05, 3.63) is 216 Å². The molecule has 12 N–H and O–H groups in total. The lowest BCUT2D eigenvalue weighted by Gasteiger charge is -2.20. The summed E-state index contributed by atoms with van der Waals surface area (Å²) < 4.78 is 44.4. The number of aliphatic hydroxyl groups excluding tert-OH is 6. The number of nitrogens with one attached hydrogen (secondary N) is 4. The van der Waals surface area contributed by atoms with E-state index in [4.69, 9.17) is 52.3 Å². The molecular weight excluding hydrogens is 1560 g/mol. The molecule has 2 amide bonds. The zero-order valence-electron chi connectivity index (χ0n) is 65.1. The number of likely N-dealkylation sites (N-methyl/N-ethyl adjacent to an activating group) is 2. The molecule has 5 aliphatic rings. The Morgan fingerprint density at radius 2 is 0.957 bits per heavy atom. The van der Waals surface area contributed by atoms with Crippen LogP contribution < -0.4 is 27.0 Å². The number of ether oxygens (including phenoxy) is 3. The van der Waals surface area contributed by atoms with Crippen molar-refractivity contribution in [2.75, 3.05) is 79.9 Å². The van der Waals surface area contributed by atoms with Gasteiger partial charge in [0, 0.05) is 104 Å². The molecule has 8 aromatic rings. The highest BCUT2D eigenvalue weighted by atomic mass is 35.5. The number of Topliss-reactive ketones (excluding diaryl/α,β-unsaturated/α-hetero) is 5. The van der Waals surface area contributed by atoms with Crippen LogP contribution in [0, 0.1) is 11.6 Å². The Morgan fingerprint density at radius 3 is 1.28 bits per heavy atom. The SMILES string of the molecule is CC(C)(C)OC(=O)OC(=O)OC(C)(C)C.CN1C[C@H]1C(=O)CO.CN[C@@H](CO)C(=O)CO.Cl.N[C@@H]1C[C@H]1c1ccc(F)cc1.O=C(CO)[C@@H]1CN1.O=C(CO)[C@@H]1CN1C(=O)c1ccc(-n2cccn2)cc1.O=C(Cl)c1ccc(-n2cccn2)cc1.O=C(N[C@@H](CNC1C[C@H]1c1ccc(F)cc1)C(=O)CO)c1ccc(-n2cccn2)cc1. The quantitative estimate of drug-likeness (QED) is 0.0168. The molecule has 3 aliphatic heterocycles. The molecular formula is C80H99Cl2F2N13O19. The van der Waals surface area contributed by atoms with Gasteiger partial charge >= 0.3 is 12.3 Å². The highest BCUT2D eigenvalue weighted by Crippen LogP contribution is 2.41. The third-order valence-electron chi connectivity index (χ3n) is 17.1. The molecule has 36 heteroatoms. The highest BCUT2D eigenvalue weighted by Gasteiger charge is 2.44. The maximum atomic E-state index is 13.1. The number of hydrogen-bond acceptors (Lipinski definition) is 27. The maximum absolute atomic E-state index is 13.1. The third-order valence-corrected chi connectivity index (χ3v) is 17.3. The Kier molecular flexibility index (Phi) is 38.8. The van der Waals surface area contributed by atoms with Gasteiger partial charge in [-0.3, -0.25) is 43.3 Å². The summed E-state index contributed by atoms with van der Waals surface area (Å²) in [5, 5.41) is 74.3. The van der Waals surface area contributed by atoms with Crippen LogP contribution in [0.1, 0.15) is 108 Å². The molecule has 0 radical (unpaired) electrons. The van der Waals surface area contributed by atoms with E-state index in [0.717, 1.165) is 48.6 Å². The number of amides is 2. The first-order chi connectivity index (χ1) is 54.6. The summed E-state index contributed by atoms with van der Waals surface area (Å²) in [5.74, 6) is -1.64. The summed E-state index contributed by atoms with van der Waals surface area (Å²) >= 11 is 5.32. The van der Waals surface area contributed by atoms with Crippen LogP contribution >= 0.6 is 24.0 Å². The van der Waals surface area contributed by atoms with Gasteiger partial charge in [0.25, 0.3) is 17.1 Å². The Morgan fingerprint density at radius 1 is 0.560 bits per heavy atom. The van der Waals surface area contributed by atoms with E-state index >= 15 is 0 Å². The predicted octanol–water partition coefficient (Wildman–Crippen LogP) is 4.77. The smallest absolute Gasteiger partial charge is 0.428 e. The molecule has 32 nitrogen and oxygen atoms in total. The minimum absolute atomic E-state index is 0. The van der Waals surface area contributed by atoms with Gasteiger partial charge in [-0.25, -0.2) is 32.4 Å². The molecule has 0 bridgehead atoms. The van der Waals surface area contributed by atoms with Crippen LogP contribution in [-0.2, 0) is 38.2 Å². The summed E-state index contributed by atoms with van der Waals surface area (Å²) in [4.78, 5) is 116. The largest absolute Gasteiger partial charge is 0.519 e. The average Bonchev–Trinajstić information content (AvgIpc) is 1.64. The van der Waals surface area contributed by atoms with E-state index in [1.54, 1.807) is 178 Å². The molecule has 13 rings (SSSR count). The summed E-state index contributed by atoms with van der Waals surface area (Å²) in [6.07, 6.45) is 10.3. The van der Waals surface area contributed by atoms with E-state index in [-0.39, 0.29) is 103 Å². The summed E-state index contributed by atoms with van der Waals surface area (Å²) in [6, 6.07) is 37.8. The predicted molar refractivity (Wildman–Crippen MR) is 424 cm³/mol. The van der Waals surface area contributed by atoms with Crippen LogP contribution in [-0.4, -0.2) is 261 Å². The standard InChI is InChI=1S/C23H23FN4O3.C14H13N3O3.C10H7ClN2O.C10H18O5.C9H10FN.C5H11NO3.C5H9NO2.C4H7NO2.ClH/c24-17-6-2-15(3-7-17)19-12-20(19)25-13-21(22(30)14-29)27-23(31)16-4-8-18(9-5-16)28-11-1-10-26-28;18-9-13(19)12-8-16(12)14(20)10-2-4-11(5-3-10)17-7-1-6-15-17;11-10(14)8-2-4-9(5-3-8)13-7-1-6-12-13;1-9(2,3)14-7(11)13-8(12)15-10(4,5)6;10-7-3-1-6(2-4-7)8-5-9(8)11;1-6-4(2-7)5(9)3-8;1-6-2-4(6)5(8)3-7;6-2-4(7)3-1-5-3;/h1-11,19-21,25,29H,12-14H2,(H,27,31);1-7,12,18H,8-9H2;1-7H;1-6H3;1-4,8-9H,5,11H2;4,6-8H,2-3H2,1H3;4,7H,2-3H2,1H3;3,5-6H,1-2H2;1H/t19-,20?,21-;12-,16?;;;8-,9+;4-;4-,6?;3-;/m00..0000./s1. The molecule has 5 fully saturated rings. The number of hydrogen-bond donors (Lipinski definition) is 11. The van der Waals surface area contributed by atoms with Crippen LogP contribution in [0.25, 0.3) is 17.1 Å². The van der Waals surface area contributed by atoms with E-state index in [2.05, 4.69) is 41.3 Å². The van der Waals surface area contributed by atoms with Gasteiger partial charge in [-0.15, -0.1) is 12.4 Å². The molecule has 5 aromatic carbocycles. The summed E-state index contributed by atoms with van der Waals surface area (Å²) in [6.45, 7) is 9.58. The molecule has 0 spiro atoms. The van der Waals surface area contributed by atoms with Crippen molar-refractivity contribution in [1.29, 1.82) is 0 Å². The van der Waals surface area contributed by atoms with Gasteiger partial charge in [0.2, 0.25) is 0 Å². The van der Waals surface area contributed by atoms with Crippen LogP contribution in [0.2, 0.25) is 0 Å². The van der Waals surface area contributed by atoms with E-state index in [1.807, 2.05) is 48.6 Å². The zero-order valence-corrected chi connectivity index (χ0v) is 66.7. The number of carbonyl (C=O) groups is 10. The average molecular weight is 1660 g/mol. The normalized spacial score (nSPS) is 18.4. The fourth-order valence-corrected chi connectivity index (χ4v) is 10.4. The number of halogens is 4. The van der Waals surface area contributed by atoms with Crippen LogP contribution in [0.3, 0.4) is 0 Å². The van der Waals surface area contributed by atoms with Crippen molar-refractivity contribution < 1.29 is 102 Å². The second-order valence-corrected chi connectivity index (χ2v) is 28.7. The number of carbonyl (C=O) groups excluding carboxylic acids is 10. The zero-order chi connectivity index (χ0) is 84.7. The lowest BCUT2D eigenvalue weighted by molar-refractivity contribution is -0.125. The van der Waals surface area contributed by atoms with E-state index in [0.29, 0.717) is 35.2 Å². The number of rotatable bonds is 24. The molecule has 116 heavy (non-hydrogen) atoms. The van der Waals surface area contributed by atoms with Gasteiger partial charge in [0.15, 0.2) is 28.9 Å². The van der Waals surface area contributed by atoms with Gasteiger partial charge in [0.1, 0.15) is 68.0 Å². The van der Waals surface area contributed by atoms with Gasteiger partial charge in [-0.1, -0.05) is 24.3 Å². The molecule has 3 aromatic heterocycles. The van der Waals surface area contributed by atoms with Crippen molar-refractivity contribution in [3.8, 4) is 17.1 Å². The van der Waals surface area contributed by atoms with Crippen LogP contribution in [0.4, 0.5) is 18.4 Å². The van der Waals surface area contributed by atoms with Crippen molar-refractivity contribution in [2.45, 2.75) is 120 Å². The van der Waals surface area contributed by atoms with Gasteiger partial charge in [-0.05, 0) is 206 Å². The first kappa shape index (κ1) is 96.0. The highest BCUT2D eigenvalue weighted by molar-refractivity contribution is 6.67. The lowest BCUT2D eigenvalue weighted by atomic mass is 10.1. The van der Waals surface area contributed by atoms with Crippen molar-refractivity contribution >= 4 is 82.3 Å². The van der Waals surface area contributed by atoms with Gasteiger partial charge in [-0.2, -0.15) is 15.3 Å². The van der Waals surface area contributed by atoms with E-state index in [1.165, 1.54) is 34.7 Å². The van der Waals surface area contributed by atoms with Crippen molar-refractivity contribution in [3.63, 3.8) is 0 Å². The Balaban J connectivity index is 0.000000248. The third kappa shape index (κ3) is 33.3. The fraction of sp³-hybridized carbons (Fsp3) is 0.388. The van der Waals surface area contributed by atoms with Gasteiger partial charge in [0.05, 0.1) is 41.8 Å². The molecule has 626 valence electrons. The van der Waals surface area contributed by atoms with Crippen molar-refractivity contribution in [1.82, 2.24) is 60.4 Å². The number of aliphatic hydroxyl groups is 6. The molecule has 3 saturated heterocycles. The topological polar surface area (TPSA) is 463 Å². The van der Waals surface area contributed by atoms with E-state index in [9.17, 15) is 61.8 Å². The molecule has 6 heterocycles. The minimum Gasteiger partial charge on any atom is -0.428 e. The first-order valence-corrected chi connectivity index (χ1v) is 36.7. The first-order valence-electron chi connectivity index (χ1n) is 36.3. The Hall–Kier alpha value is -10.6. The molecule has 2 unspecified atom stereocenters. The molecule has 2 saturated carbocycles. The summed E-state index contributed by atoms with van der Waals surface area (Å²) in [7, 11) is 3.41. The van der Waals surface area contributed by atoms with Crippen molar-refractivity contribution in [2.24, 2.45) is 5.73 Å². The summed E-state index contributed by atoms with van der Waals surface area (Å²) in [5.41, 5.74) is 10.4. The minimum atomic E-state index is -1.06. The lowest BCUT2D eigenvalue weighted by Crippen LogP contribution is -2.48. The monoisotopic (exact) mass is 1650 g/mol. The number of aromatic nitrogens is 6. The number of nitrogens with two attached hydrogens (primary N) is 1. The number of ketones is 5. The maximum Gasteiger partial charge on any atom is 0.519 e. The van der Waals surface area contributed by atoms with Crippen LogP contribution in [0.15, 0.2) is 177 Å². The second kappa shape index (κ2) is 46.8. The van der Waals surface area contributed by atoms with Crippen LogP contribution in [0.5, 0.6) is 0 Å². The van der Waals surface area contributed by atoms with Gasteiger partial charge < -0.3 is 76.8 Å².